The maximum atomic E-state index is 13.5. The van der Waals surface area contributed by atoms with E-state index in [1.807, 2.05) is 0 Å². The highest BCUT2D eigenvalue weighted by Gasteiger charge is 2.27. The van der Waals surface area contributed by atoms with E-state index in [1.165, 1.54) is 6.92 Å². The van der Waals surface area contributed by atoms with Crippen LogP contribution >= 0.6 is 0 Å². The maximum absolute atomic E-state index is 13.5. The molecule has 33 heavy (non-hydrogen) atoms. The lowest BCUT2D eigenvalue weighted by molar-refractivity contribution is -0.120. The number of alkyl halides is 2. The second kappa shape index (κ2) is 10.5. The van der Waals surface area contributed by atoms with Crippen LogP contribution in [0.4, 0.5) is 17.6 Å². The number of aliphatic hydroxyl groups excluding tert-OH is 1. The summed E-state index contributed by atoms with van der Waals surface area (Å²) in [4.78, 5) is 11.6. The van der Waals surface area contributed by atoms with Gasteiger partial charge < -0.3 is 20.5 Å². The molecule has 1 aliphatic heterocycles. The molecule has 9 heteroatoms. The van der Waals surface area contributed by atoms with Gasteiger partial charge in [0, 0.05) is 44.0 Å². The molecule has 180 valence electrons. The van der Waals surface area contributed by atoms with E-state index in [4.69, 9.17) is 4.74 Å². The third-order valence-corrected chi connectivity index (χ3v) is 5.43. The van der Waals surface area contributed by atoms with Gasteiger partial charge in [-0.3, -0.25) is 4.79 Å². The summed E-state index contributed by atoms with van der Waals surface area (Å²) in [7, 11) is 0. The summed E-state index contributed by atoms with van der Waals surface area (Å²) in [6, 6.07) is 6.96. The van der Waals surface area contributed by atoms with Crippen LogP contribution < -0.4 is 15.4 Å². The number of amides is 1. The van der Waals surface area contributed by atoms with Gasteiger partial charge in [-0.2, -0.15) is 0 Å². The van der Waals surface area contributed by atoms with Gasteiger partial charge in [-0.1, -0.05) is 12.1 Å². The monoisotopic (exact) mass is 468 g/mol. The van der Waals surface area contributed by atoms with Crippen molar-refractivity contribution >= 4 is 5.91 Å². The van der Waals surface area contributed by atoms with Crippen LogP contribution in [-0.2, 0) is 17.6 Å². The number of ether oxygens (including phenoxy) is 1. The van der Waals surface area contributed by atoms with Gasteiger partial charge in [-0.25, -0.2) is 17.6 Å². The summed E-state index contributed by atoms with van der Waals surface area (Å²) < 4.78 is 59.6. The maximum Gasteiger partial charge on any atom is 0.249 e. The molecular formula is C24H28F4N2O3. The number of benzene rings is 2. The van der Waals surface area contributed by atoms with E-state index in [1.54, 1.807) is 18.2 Å². The minimum absolute atomic E-state index is 0.0250. The quantitative estimate of drug-likeness (QED) is 0.491. The van der Waals surface area contributed by atoms with E-state index in [2.05, 4.69) is 10.6 Å². The number of hydrogen-bond donors (Lipinski definition) is 3. The summed E-state index contributed by atoms with van der Waals surface area (Å²) >= 11 is 0. The van der Waals surface area contributed by atoms with Crippen LogP contribution in [0.25, 0.3) is 0 Å². The minimum atomic E-state index is -2.84. The highest BCUT2D eigenvalue weighted by molar-refractivity contribution is 5.73. The zero-order valence-electron chi connectivity index (χ0n) is 18.5. The van der Waals surface area contributed by atoms with E-state index in [-0.39, 0.29) is 19.0 Å². The molecule has 0 spiro atoms. The largest absolute Gasteiger partial charge is 0.493 e. The van der Waals surface area contributed by atoms with Crippen LogP contribution in [0.3, 0.4) is 0 Å². The van der Waals surface area contributed by atoms with Crippen LogP contribution in [0, 0.1) is 11.6 Å². The number of hydrogen-bond acceptors (Lipinski definition) is 4. The molecule has 5 nitrogen and oxygen atoms in total. The van der Waals surface area contributed by atoms with Crippen LogP contribution in [0.2, 0.25) is 0 Å². The third-order valence-electron chi connectivity index (χ3n) is 5.43. The van der Waals surface area contributed by atoms with E-state index < -0.39 is 42.0 Å². The first-order chi connectivity index (χ1) is 15.5. The highest BCUT2D eigenvalue weighted by Crippen LogP contribution is 2.34. The molecule has 1 aliphatic rings. The Morgan fingerprint density at radius 2 is 1.88 bits per heavy atom. The number of aliphatic hydroxyl groups is 1. The van der Waals surface area contributed by atoms with Crippen LogP contribution in [0.15, 0.2) is 36.4 Å². The molecular weight excluding hydrogens is 440 g/mol. The molecule has 3 rings (SSSR count). The van der Waals surface area contributed by atoms with Crippen molar-refractivity contribution in [2.24, 2.45) is 0 Å². The predicted molar refractivity (Wildman–Crippen MR) is 115 cm³/mol. The summed E-state index contributed by atoms with van der Waals surface area (Å²) in [5.74, 6) is -4.13. The normalized spacial score (nSPS) is 17.6. The smallest absolute Gasteiger partial charge is 0.249 e. The molecule has 3 N–H and O–H groups in total. The molecule has 2 aromatic rings. The molecule has 0 bridgehead atoms. The van der Waals surface area contributed by atoms with Crippen LogP contribution in [0.1, 0.15) is 43.0 Å². The summed E-state index contributed by atoms with van der Waals surface area (Å²) in [5.41, 5.74) is 1.49. The fourth-order valence-corrected chi connectivity index (χ4v) is 4.06. The van der Waals surface area contributed by atoms with Gasteiger partial charge in [-0.15, -0.1) is 0 Å². The van der Waals surface area contributed by atoms with E-state index in [0.717, 1.165) is 30.7 Å². The van der Waals surface area contributed by atoms with Gasteiger partial charge in [-0.05, 0) is 42.7 Å². The third kappa shape index (κ3) is 7.43. The first-order valence-electron chi connectivity index (χ1n) is 10.8. The Hall–Kier alpha value is -2.65. The molecule has 0 radical (unpaired) electrons. The molecule has 0 unspecified atom stereocenters. The number of carbonyl (C=O) groups excluding carboxylic acids is 1. The molecule has 0 fully saturated rings. The van der Waals surface area contributed by atoms with Crippen molar-refractivity contribution < 1.29 is 32.2 Å². The van der Waals surface area contributed by atoms with E-state index in [9.17, 15) is 27.5 Å². The number of carbonyl (C=O) groups is 1. The topological polar surface area (TPSA) is 70.6 Å². The first kappa shape index (κ1) is 25.0. The lowest BCUT2D eigenvalue weighted by Gasteiger charge is -2.30. The molecule has 0 aliphatic carbocycles. The van der Waals surface area contributed by atoms with Crippen molar-refractivity contribution in [2.75, 3.05) is 13.2 Å². The SMILES string of the molecule is CC(=O)N[C@@H](Cc1cc(F)cc(F)c1)[C@H](O)CN[C@H]1CCOc2ccc(CC(C)(F)F)cc21. The average Bonchev–Trinajstić information content (AvgIpc) is 2.69. The lowest BCUT2D eigenvalue weighted by Crippen LogP contribution is -2.48. The second-order valence-electron chi connectivity index (χ2n) is 8.57. The zero-order chi connectivity index (χ0) is 24.2. The van der Waals surface area contributed by atoms with Crippen molar-refractivity contribution in [3.8, 4) is 5.75 Å². The Morgan fingerprint density at radius 3 is 2.52 bits per heavy atom. The second-order valence-corrected chi connectivity index (χ2v) is 8.57. The van der Waals surface area contributed by atoms with Crippen molar-refractivity contribution in [3.63, 3.8) is 0 Å². The van der Waals surface area contributed by atoms with Crippen LogP contribution in [-0.4, -0.2) is 42.2 Å². The van der Waals surface area contributed by atoms with Gasteiger partial charge >= 0.3 is 0 Å². The van der Waals surface area contributed by atoms with E-state index >= 15 is 0 Å². The molecule has 1 heterocycles. The Bertz CT molecular complexity index is 960. The first-order valence-corrected chi connectivity index (χ1v) is 10.8. The average molecular weight is 468 g/mol. The molecule has 3 atom stereocenters. The lowest BCUT2D eigenvalue weighted by atomic mass is 9.95. The van der Waals surface area contributed by atoms with Crippen molar-refractivity contribution in [2.45, 2.75) is 57.2 Å². The van der Waals surface area contributed by atoms with Crippen molar-refractivity contribution in [1.29, 1.82) is 0 Å². The zero-order valence-corrected chi connectivity index (χ0v) is 18.5. The number of fused-ring (bicyclic) bond motifs is 1. The number of rotatable bonds is 9. The standard InChI is InChI=1S/C24H28F4N2O3/c1-14(31)30-21(10-16-7-17(25)11-18(26)8-16)22(32)13-29-20-5-6-33-23-4-3-15(9-19(20)23)12-24(2,27)28/h3-4,7-9,11,20-22,29,32H,5-6,10,12-13H2,1-2H3,(H,30,31)/t20-,21-,22+/m0/s1. The molecule has 0 aromatic heterocycles. The fourth-order valence-electron chi connectivity index (χ4n) is 4.06. The van der Waals surface area contributed by atoms with Gasteiger partial charge in [0.1, 0.15) is 17.4 Å². The molecule has 0 saturated carbocycles. The minimum Gasteiger partial charge on any atom is -0.493 e. The van der Waals surface area contributed by atoms with Crippen molar-refractivity contribution in [1.82, 2.24) is 10.6 Å². The molecule has 0 saturated heterocycles. The van der Waals surface area contributed by atoms with Crippen molar-refractivity contribution in [3.05, 3.63) is 64.7 Å². The summed E-state index contributed by atoms with van der Waals surface area (Å²) in [6.45, 7) is 2.63. The summed E-state index contributed by atoms with van der Waals surface area (Å²) in [5, 5.41) is 16.6. The van der Waals surface area contributed by atoms with Gasteiger partial charge in [0.15, 0.2) is 0 Å². The molecule has 1 amide bonds. The number of halogens is 4. The predicted octanol–water partition coefficient (Wildman–Crippen LogP) is 3.68. The Morgan fingerprint density at radius 1 is 1.18 bits per heavy atom. The van der Waals surface area contributed by atoms with E-state index in [0.29, 0.717) is 29.9 Å². The van der Waals surface area contributed by atoms with Gasteiger partial charge in [0.2, 0.25) is 11.8 Å². The Kier molecular flexibility index (Phi) is 7.97. The Balaban J connectivity index is 1.70. The van der Waals surface area contributed by atoms with Gasteiger partial charge in [0.25, 0.3) is 0 Å². The molecule has 2 aromatic carbocycles. The number of nitrogens with one attached hydrogen (secondary N) is 2. The van der Waals surface area contributed by atoms with Crippen LogP contribution in [0.5, 0.6) is 5.75 Å². The summed E-state index contributed by atoms with van der Waals surface area (Å²) in [6.07, 6.45) is -0.887. The van der Waals surface area contributed by atoms with Gasteiger partial charge in [0.05, 0.1) is 18.8 Å². The highest BCUT2D eigenvalue weighted by atomic mass is 19.3. The Labute approximate surface area is 190 Å². The fraction of sp³-hybridized carbons (Fsp3) is 0.458.